The highest BCUT2D eigenvalue weighted by molar-refractivity contribution is 7.60. The van der Waals surface area contributed by atoms with Gasteiger partial charge in [-0.1, -0.05) is 17.2 Å². The molecule has 0 aliphatic heterocycles. The van der Waals surface area contributed by atoms with Gasteiger partial charge in [-0.15, -0.1) is 0 Å². The lowest BCUT2D eigenvalue weighted by atomic mass is 10.1. The molecule has 0 aromatic carbocycles. The zero-order valence-corrected chi connectivity index (χ0v) is 17.1. The summed E-state index contributed by atoms with van der Waals surface area (Å²) >= 11 is 0. The molecule has 0 aromatic rings. The quantitative estimate of drug-likeness (QED) is 0.0831. The Kier molecular flexibility index (Phi) is 10.3. The van der Waals surface area contributed by atoms with Crippen molar-refractivity contribution in [3.63, 3.8) is 0 Å². The van der Waals surface area contributed by atoms with Crippen LogP contribution < -0.4 is 0 Å². The highest BCUT2D eigenvalue weighted by Gasteiger charge is 2.52. The Balaban J connectivity index is 5.68. The number of hydrogen-bond donors (Lipinski definition) is 3. The second-order valence-electron chi connectivity index (χ2n) is 5.70. The number of allylic oxidation sites excluding steroid dienone is 3. The normalized spacial score (nSPS) is 15.7. The molecular formula is C13H19F3N2O9P2. The number of phosphoric acid groups is 2. The number of halogens is 3. The fourth-order valence-corrected chi connectivity index (χ4v) is 3.25. The first-order valence-electron chi connectivity index (χ1n) is 7.56. The predicted molar refractivity (Wildman–Crippen MR) is 91.0 cm³/mol. The molecule has 16 heteroatoms. The van der Waals surface area contributed by atoms with E-state index in [1.807, 2.05) is 0 Å². The Bertz CT molecular complexity index is 809. The molecule has 3 N–H and O–H groups in total. The summed E-state index contributed by atoms with van der Waals surface area (Å²) in [5.41, 5.74) is 7.23. The summed E-state index contributed by atoms with van der Waals surface area (Å²) in [6, 6.07) is 0. The second kappa shape index (κ2) is 11.0. The average Bonchev–Trinajstić information content (AvgIpc) is 2.41. The summed E-state index contributed by atoms with van der Waals surface area (Å²) in [6.07, 6.45) is -4.44. The molecule has 0 bridgehead atoms. The molecule has 166 valence electrons. The Morgan fingerprint density at radius 1 is 1.21 bits per heavy atom. The largest absolute Gasteiger partial charge is 0.503 e. The maximum Gasteiger partial charge on any atom is 0.503 e. The summed E-state index contributed by atoms with van der Waals surface area (Å²) in [5, 5.41) is 0. The van der Waals surface area contributed by atoms with E-state index in [9.17, 15) is 32.0 Å². The SMILES string of the molecule is CC(C)=CCCC(C)=CC(OC(=O)C(=[N+]=[N-])C(F)(F)F)OP(=O)(O)OP(=O)(O)O. The van der Waals surface area contributed by atoms with Gasteiger partial charge in [-0.25, -0.2) is 18.4 Å². The van der Waals surface area contributed by atoms with Gasteiger partial charge >= 0.3 is 33.5 Å². The van der Waals surface area contributed by atoms with E-state index in [2.05, 4.69) is 13.6 Å². The maximum atomic E-state index is 12.6. The number of carbonyl (C=O) groups is 1. The fourth-order valence-electron chi connectivity index (χ4n) is 1.65. The minimum atomic E-state index is -5.58. The molecule has 0 aromatic heterocycles. The van der Waals surface area contributed by atoms with E-state index in [1.54, 1.807) is 24.7 Å². The van der Waals surface area contributed by atoms with Crippen LogP contribution in [0.3, 0.4) is 0 Å². The highest BCUT2D eigenvalue weighted by atomic mass is 31.3. The molecule has 0 saturated carbocycles. The first-order valence-corrected chi connectivity index (χ1v) is 10.6. The number of phosphoric ester groups is 1. The van der Waals surface area contributed by atoms with Gasteiger partial charge in [0.25, 0.3) is 0 Å². The molecule has 2 unspecified atom stereocenters. The zero-order chi connectivity index (χ0) is 23.0. The molecule has 0 rings (SSSR count). The van der Waals surface area contributed by atoms with Crippen molar-refractivity contribution >= 4 is 27.3 Å². The van der Waals surface area contributed by atoms with Crippen molar-refractivity contribution in [3.8, 4) is 0 Å². The standard InChI is InChI=1S/C13H19F3N2O9P2/c1-8(2)5-4-6-9(3)7-10(26-29(23,24)27-28(20,21)22)25-12(19)11(18-17)13(14,15)16/h5,7,10H,4,6H2,1-3H3,(H,23,24)(H2,20,21,22). The van der Waals surface area contributed by atoms with Crippen molar-refractivity contribution in [2.24, 2.45) is 0 Å². The van der Waals surface area contributed by atoms with Gasteiger partial charge in [0, 0.05) is 0 Å². The molecule has 0 saturated heterocycles. The lowest BCUT2D eigenvalue weighted by Crippen LogP contribution is -2.36. The lowest BCUT2D eigenvalue weighted by Gasteiger charge is -2.18. The predicted octanol–water partition coefficient (Wildman–Crippen LogP) is 3.01. The number of alkyl halides is 3. The van der Waals surface area contributed by atoms with Crippen LogP contribution >= 0.6 is 15.6 Å². The van der Waals surface area contributed by atoms with E-state index in [1.165, 1.54) is 6.92 Å². The Morgan fingerprint density at radius 3 is 2.17 bits per heavy atom. The van der Waals surface area contributed by atoms with Gasteiger partial charge in [-0.3, -0.25) is 0 Å². The van der Waals surface area contributed by atoms with Crippen molar-refractivity contribution < 1.29 is 60.1 Å². The molecule has 0 radical (unpaired) electrons. The van der Waals surface area contributed by atoms with Crippen LogP contribution in [0, 0.1) is 0 Å². The molecule has 11 nitrogen and oxygen atoms in total. The van der Waals surface area contributed by atoms with E-state index in [-0.39, 0.29) is 6.42 Å². The molecule has 0 aliphatic carbocycles. The molecule has 29 heavy (non-hydrogen) atoms. The molecule has 0 aliphatic rings. The molecule has 0 fully saturated rings. The van der Waals surface area contributed by atoms with Crippen LogP contribution in [0.25, 0.3) is 5.53 Å². The lowest BCUT2D eigenvalue weighted by molar-refractivity contribution is -0.166. The van der Waals surface area contributed by atoms with E-state index in [4.69, 9.17) is 15.3 Å². The summed E-state index contributed by atoms with van der Waals surface area (Å²) in [5.74, 6) is -2.28. The number of esters is 1. The molecule has 0 heterocycles. The van der Waals surface area contributed by atoms with Gasteiger partial charge in [0.15, 0.2) is 0 Å². The molecule has 2 atom stereocenters. The Morgan fingerprint density at radius 2 is 1.76 bits per heavy atom. The van der Waals surface area contributed by atoms with Crippen LogP contribution in [0.2, 0.25) is 0 Å². The first kappa shape index (κ1) is 27.4. The number of rotatable bonds is 10. The maximum absolute atomic E-state index is 12.6. The minimum absolute atomic E-state index is 0.262. The van der Waals surface area contributed by atoms with Crippen LogP contribution in [-0.2, 0) is 27.5 Å². The van der Waals surface area contributed by atoms with Crippen LogP contribution in [0.5, 0.6) is 0 Å². The van der Waals surface area contributed by atoms with Gasteiger partial charge in [0.1, 0.15) is 0 Å². The van der Waals surface area contributed by atoms with Crippen LogP contribution in [0.15, 0.2) is 23.3 Å². The van der Waals surface area contributed by atoms with E-state index >= 15 is 0 Å². The number of ether oxygens (including phenoxy) is 1. The summed E-state index contributed by atoms with van der Waals surface area (Å²) < 4.78 is 72.1. The van der Waals surface area contributed by atoms with Crippen LogP contribution in [0.1, 0.15) is 33.6 Å². The van der Waals surface area contributed by atoms with Gasteiger partial charge in [-0.05, 0) is 39.7 Å². The van der Waals surface area contributed by atoms with Gasteiger partial charge in [0.2, 0.25) is 6.29 Å². The monoisotopic (exact) mass is 466 g/mol. The molecule has 0 spiro atoms. The van der Waals surface area contributed by atoms with Crippen molar-refractivity contribution in [1.29, 1.82) is 0 Å². The first-order chi connectivity index (χ1) is 13.0. The van der Waals surface area contributed by atoms with Crippen molar-refractivity contribution in [1.82, 2.24) is 0 Å². The van der Waals surface area contributed by atoms with Crippen molar-refractivity contribution in [2.75, 3.05) is 0 Å². The minimum Gasteiger partial charge on any atom is -0.423 e. The van der Waals surface area contributed by atoms with Crippen molar-refractivity contribution in [2.45, 2.75) is 46.1 Å². The number of nitrogens with zero attached hydrogens (tertiary/aromatic N) is 2. The number of hydrogen-bond acceptors (Lipinski definition) is 6. The topological polar surface area (TPSA) is 176 Å². The van der Waals surface area contributed by atoms with E-state index < -0.39 is 39.8 Å². The van der Waals surface area contributed by atoms with E-state index in [0.717, 1.165) is 11.6 Å². The van der Waals surface area contributed by atoms with Gasteiger partial charge in [-0.2, -0.15) is 22.3 Å². The third kappa shape index (κ3) is 12.5. The third-order valence-corrected chi connectivity index (χ3v) is 4.89. The van der Waals surface area contributed by atoms with Gasteiger partial charge < -0.3 is 24.9 Å². The van der Waals surface area contributed by atoms with E-state index in [0.29, 0.717) is 12.0 Å². The zero-order valence-electron chi connectivity index (χ0n) is 15.4. The van der Waals surface area contributed by atoms with Crippen LogP contribution in [-0.4, -0.2) is 43.6 Å². The fraction of sp³-hybridized carbons (Fsp3) is 0.538. The molecule has 0 amide bonds. The Labute approximate surface area is 163 Å². The van der Waals surface area contributed by atoms with Gasteiger partial charge in [0.05, 0.1) is 0 Å². The van der Waals surface area contributed by atoms with Crippen molar-refractivity contribution in [3.05, 3.63) is 28.8 Å². The Hall–Kier alpha value is -1.62. The molecular weight excluding hydrogens is 447 g/mol. The van der Waals surface area contributed by atoms with Crippen LogP contribution in [0.4, 0.5) is 13.2 Å². The summed E-state index contributed by atoms with van der Waals surface area (Å²) in [7, 11) is -11.1. The smallest absolute Gasteiger partial charge is 0.423 e. The highest BCUT2D eigenvalue weighted by Crippen LogP contribution is 2.58. The summed E-state index contributed by atoms with van der Waals surface area (Å²) in [4.78, 5) is 39.8. The average molecular weight is 466 g/mol. The third-order valence-electron chi connectivity index (χ3n) is 2.74. The summed E-state index contributed by atoms with van der Waals surface area (Å²) in [6.45, 7) is 5.03. The number of carbonyl (C=O) groups excluding carboxylic acids is 1. The second-order valence-corrected chi connectivity index (χ2v) is 8.48.